The number of sulfonamides is 1. The number of ether oxygens (including phenoxy) is 10. The number of thiocarbonyl (C=S) groups is 1. The molecule has 10 atom stereocenters. The number of hydrazine groups is 1. The molecule has 24 heteroatoms. The van der Waals surface area contributed by atoms with E-state index in [0.717, 1.165) is 48.5 Å². The Balaban J connectivity index is 2.10. The van der Waals surface area contributed by atoms with Crippen molar-refractivity contribution < 1.29 is 89.3 Å². The zero-order valence-corrected chi connectivity index (χ0v) is 33.3. The molecule has 1 aromatic rings. The van der Waals surface area contributed by atoms with Gasteiger partial charge in [0.15, 0.2) is 48.2 Å². The maximum absolute atomic E-state index is 12.8. The van der Waals surface area contributed by atoms with Crippen LogP contribution in [0.1, 0.15) is 48.5 Å². The van der Waals surface area contributed by atoms with Crippen LogP contribution in [-0.2, 0) is 91.0 Å². The first kappa shape index (κ1) is 46.4. The summed E-state index contributed by atoms with van der Waals surface area (Å²) >= 11 is 5.27. The minimum absolute atomic E-state index is 0.120. The molecule has 1 aromatic carbocycles. The molecule has 316 valence electrons. The van der Waals surface area contributed by atoms with Crippen LogP contribution < -0.4 is 15.6 Å². The summed E-state index contributed by atoms with van der Waals surface area (Å²) in [4.78, 5) is 87.9. The molecule has 3 rings (SSSR count). The highest BCUT2D eigenvalue weighted by molar-refractivity contribution is 7.89. The Kier molecular flexibility index (Phi) is 17.0. The van der Waals surface area contributed by atoms with Gasteiger partial charge in [0.2, 0.25) is 0 Å². The molecule has 2 aliphatic heterocycles. The standard InChI is InChI=1S/C33H43N3O19S2/c1-15(37)46-13-23-26(55-32-30(52-21(7)43)28(50-19(5)41)25(48-17(3)39)24(54-32)14-47-16(2)38)27(49-18(4)40)29(51-20(6)42)31(53-23)34-33(56)35-36-57(44,45)22-11-9-8-10-12-22/h8-12,23-32,36H,13-14H2,1-7H3,(H2,34,35,56)/t23-,24-,25+,26-,27+,28+,29-,30-,31?,32+/m1/s1. The van der Waals surface area contributed by atoms with E-state index in [9.17, 15) is 42.0 Å². The van der Waals surface area contributed by atoms with E-state index < -0.39 is 131 Å². The first-order valence-corrected chi connectivity index (χ1v) is 18.8. The lowest BCUT2D eigenvalue weighted by molar-refractivity contribution is -0.345. The molecule has 0 bridgehead atoms. The van der Waals surface area contributed by atoms with Gasteiger partial charge in [-0.15, -0.1) is 4.83 Å². The quantitative estimate of drug-likeness (QED) is 0.0823. The number of hydrogen-bond donors (Lipinski definition) is 3. The molecule has 0 radical (unpaired) electrons. The van der Waals surface area contributed by atoms with Crippen LogP contribution in [0, 0.1) is 0 Å². The molecule has 2 fully saturated rings. The number of carbonyl (C=O) groups excluding carboxylic acids is 7. The van der Waals surface area contributed by atoms with Crippen molar-refractivity contribution in [3.05, 3.63) is 30.3 Å². The van der Waals surface area contributed by atoms with Crippen LogP contribution in [0.3, 0.4) is 0 Å². The second-order valence-corrected chi connectivity index (χ2v) is 14.3. The van der Waals surface area contributed by atoms with Crippen LogP contribution >= 0.6 is 12.2 Å². The van der Waals surface area contributed by atoms with E-state index in [1.54, 1.807) is 6.07 Å². The van der Waals surface area contributed by atoms with E-state index in [-0.39, 0.29) is 4.90 Å². The van der Waals surface area contributed by atoms with E-state index in [4.69, 9.17) is 59.6 Å². The average Bonchev–Trinajstić information content (AvgIpc) is 3.10. The number of benzene rings is 1. The summed E-state index contributed by atoms with van der Waals surface area (Å²) in [7, 11) is -4.16. The van der Waals surface area contributed by atoms with Crippen molar-refractivity contribution in [3.8, 4) is 0 Å². The lowest BCUT2D eigenvalue weighted by Crippen LogP contribution is -2.69. The number of hydrogen-bond acceptors (Lipinski definition) is 20. The zero-order chi connectivity index (χ0) is 42.6. The molecule has 1 unspecified atom stereocenters. The topological polar surface area (TPSA) is 282 Å². The van der Waals surface area contributed by atoms with E-state index in [1.807, 2.05) is 0 Å². The molecule has 0 saturated carbocycles. The Morgan fingerprint density at radius 1 is 0.596 bits per heavy atom. The molecule has 2 aliphatic rings. The predicted molar refractivity (Wildman–Crippen MR) is 189 cm³/mol. The van der Waals surface area contributed by atoms with Crippen molar-refractivity contribution in [1.82, 2.24) is 15.6 Å². The second-order valence-electron chi connectivity index (χ2n) is 12.2. The van der Waals surface area contributed by atoms with Crippen LogP contribution in [0.15, 0.2) is 35.2 Å². The van der Waals surface area contributed by atoms with Gasteiger partial charge in [0.1, 0.15) is 31.5 Å². The van der Waals surface area contributed by atoms with Gasteiger partial charge in [-0.1, -0.05) is 18.2 Å². The maximum Gasteiger partial charge on any atom is 0.303 e. The minimum Gasteiger partial charge on any atom is -0.463 e. The van der Waals surface area contributed by atoms with Gasteiger partial charge in [-0.25, -0.2) is 8.42 Å². The van der Waals surface area contributed by atoms with Gasteiger partial charge in [0.25, 0.3) is 10.0 Å². The van der Waals surface area contributed by atoms with Crippen molar-refractivity contribution in [2.24, 2.45) is 0 Å². The Labute approximate surface area is 331 Å². The van der Waals surface area contributed by atoms with Crippen molar-refractivity contribution in [3.63, 3.8) is 0 Å². The maximum atomic E-state index is 12.8. The number of carbonyl (C=O) groups is 7. The first-order chi connectivity index (χ1) is 26.7. The van der Waals surface area contributed by atoms with Gasteiger partial charge in [0, 0.05) is 48.5 Å². The van der Waals surface area contributed by atoms with Gasteiger partial charge >= 0.3 is 41.8 Å². The van der Waals surface area contributed by atoms with Gasteiger partial charge in [-0.05, 0) is 24.4 Å². The molecule has 0 amide bonds. The summed E-state index contributed by atoms with van der Waals surface area (Å²) in [6.07, 6.45) is -16.6. The third-order valence-electron chi connectivity index (χ3n) is 7.55. The van der Waals surface area contributed by atoms with Gasteiger partial charge in [0.05, 0.1) is 4.90 Å². The molecule has 0 aromatic heterocycles. The highest BCUT2D eigenvalue weighted by Gasteiger charge is 2.57. The Morgan fingerprint density at radius 2 is 1.04 bits per heavy atom. The van der Waals surface area contributed by atoms with Crippen LogP contribution in [0.4, 0.5) is 0 Å². The van der Waals surface area contributed by atoms with E-state index in [0.29, 0.717) is 0 Å². The smallest absolute Gasteiger partial charge is 0.303 e. The third kappa shape index (κ3) is 14.2. The Morgan fingerprint density at radius 3 is 1.53 bits per heavy atom. The van der Waals surface area contributed by atoms with E-state index in [2.05, 4.69) is 15.6 Å². The average molecular weight is 850 g/mol. The highest BCUT2D eigenvalue weighted by atomic mass is 32.2. The summed E-state index contributed by atoms with van der Waals surface area (Å²) < 4.78 is 81.7. The molecule has 0 spiro atoms. The van der Waals surface area contributed by atoms with E-state index in [1.165, 1.54) is 24.3 Å². The fraction of sp³-hybridized carbons (Fsp3) is 0.576. The van der Waals surface area contributed by atoms with Crippen LogP contribution in [0.25, 0.3) is 0 Å². The summed E-state index contributed by atoms with van der Waals surface area (Å²) in [5.74, 6) is -6.30. The molecule has 2 heterocycles. The van der Waals surface area contributed by atoms with Gasteiger partial charge < -0.3 is 52.7 Å². The number of esters is 7. The Bertz CT molecular complexity index is 1760. The lowest BCUT2D eigenvalue weighted by Gasteiger charge is -2.49. The normalized spacial score (nSPS) is 27.0. The zero-order valence-electron chi connectivity index (χ0n) is 31.6. The van der Waals surface area contributed by atoms with Crippen molar-refractivity contribution in [2.75, 3.05) is 13.2 Å². The Hall–Kier alpha value is -5.01. The van der Waals surface area contributed by atoms with Crippen LogP contribution in [0.5, 0.6) is 0 Å². The third-order valence-corrected chi connectivity index (χ3v) is 9.04. The molecule has 22 nitrogen and oxygen atoms in total. The van der Waals surface area contributed by atoms with Crippen molar-refractivity contribution in [1.29, 1.82) is 0 Å². The predicted octanol–water partition coefficient (Wildman–Crippen LogP) is -1.04. The number of nitrogens with one attached hydrogen (secondary N) is 3. The van der Waals surface area contributed by atoms with Crippen molar-refractivity contribution in [2.45, 2.75) is 115 Å². The van der Waals surface area contributed by atoms with Crippen LogP contribution in [0.2, 0.25) is 0 Å². The molecule has 0 aliphatic carbocycles. The number of rotatable bonds is 15. The molecule has 3 N–H and O–H groups in total. The summed E-state index contributed by atoms with van der Waals surface area (Å²) in [5.41, 5.74) is 2.28. The lowest BCUT2D eigenvalue weighted by atomic mass is 9.95. The van der Waals surface area contributed by atoms with Gasteiger partial charge in [-0.2, -0.15) is 0 Å². The van der Waals surface area contributed by atoms with Gasteiger partial charge in [-0.3, -0.25) is 39.0 Å². The summed E-state index contributed by atoms with van der Waals surface area (Å²) in [6, 6.07) is 7.21. The van der Waals surface area contributed by atoms with Crippen LogP contribution in [-0.4, -0.2) is 130 Å². The first-order valence-electron chi connectivity index (χ1n) is 16.9. The molecule has 2 saturated heterocycles. The largest absolute Gasteiger partial charge is 0.463 e. The monoisotopic (exact) mass is 849 g/mol. The second kappa shape index (κ2) is 20.9. The fourth-order valence-corrected chi connectivity index (χ4v) is 6.67. The minimum atomic E-state index is -4.16. The summed E-state index contributed by atoms with van der Waals surface area (Å²) in [6.45, 7) is 5.89. The molecular formula is C33H43N3O19S2. The van der Waals surface area contributed by atoms with Crippen molar-refractivity contribution >= 4 is 69.1 Å². The highest BCUT2D eigenvalue weighted by Crippen LogP contribution is 2.35. The SMILES string of the molecule is CC(=O)OC[C@H]1O[C@@H](O[C@H]2[C@H](OC(C)=O)[C@@H](OC(C)=O)C(NC(=S)NNS(=O)(=O)c3ccccc3)O[C@@H]2COC(C)=O)[C@H](OC(C)=O)[C@@H](OC(C)=O)[C@H]1OC(C)=O. The summed E-state index contributed by atoms with van der Waals surface area (Å²) in [5, 5.41) is 2.18. The molecule has 57 heavy (non-hydrogen) atoms. The molecular weight excluding hydrogens is 806 g/mol. The van der Waals surface area contributed by atoms with E-state index >= 15 is 0 Å². The fourth-order valence-electron chi connectivity index (χ4n) is 5.57.